The molecule has 0 fully saturated rings. The number of ketones is 1. The normalized spacial score (nSPS) is 10.9. The summed E-state index contributed by atoms with van der Waals surface area (Å²) in [6, 6.07) is 13.7. The summed E-state index contributed by atoms with van der Waals surface area (Å²) in [5.74, 6) is -0.289. The predicted octanol–water partition coefficient (Wildman–Crippen LogP) is 4.20. The zero-order valence-electron chi connectivity index (χ0n) is 16.2. The average molecular weight is 380 g/mol. The molecule has 0 radical (unpaired) electrons. The maximum Gasteiger partial charge on any atom is 0.251 e. The fraction of sp³-hybridized carbons (Fsp3) is 0.227. The van der Waals surface area contributed by atoms with Crippen molar-refractivity contribution in [2.75, 3.05) is 17.2 Å². The number of nitrogens with one attached hydrogen (secondary N) is 2. The lowest BCUT2D eigenvalue weighted by Crippen LogP contribution is -2.16. The fourth-order valence-electron chi connectivity index (χ4n) is 2.36. The van der Waals surface area contributed by atoms with Gasteiger partial charge in [-0.15, -0.1) is 0 Å². The zero-order chi connectivity index (χ0) is 20.5. The second kappa shape index (κ2) is 10.1. The van der Waals surface area contributed by atoms with Crippen molar-refractivity contribution in [3.8, 4) is 5.75 Å². The van der Waals surface area contributed by atoms with Crippen LogP contribution in [0.5, 0.6) is 5.75 Å². The highest BCUT2D eigenvalue weighted by Crippen LogP contribution is 2.24. The molecule has 146 valence electrons. The van der Waals surface area contributed by atoms with Crippen LogP contribution in [0.1, 0.15) is 37.6 Å². The number of rotatable bonds is 8. The van der Waals surface area contributed by atoms with Crippen LogP contribution in [0.3, 0.4) is 0 Å². The minimum atomic E-state index is -0.432. The molecule has 0 atom stereocenters. The van der Waals surface area contributed by atoms with Crippen molar-refractivity contribution < 1.29 is 19.1 Å². The fourth-order valence-corrected chi connectivity index (χ4v) is 2.36. The summed E-state index contributed by atoms with van der Waals surface area (Å²) in [6.07, 6.45) is 2.08. The minimum Gasteiger partial charge on any atom is -0.491 e. The van der Waals surface area contributed by atoms with Crippen LogP contribution in [0.2, 0.25) is 0 Å². The van der Waals surface area contributed by atoms with E-state index < -0.39 is 11.8 Å². The molecule has 6 heteroatoms. The highest BCUT2D eigenvalue weighted by atomic mass is 16.5. The Bertz CT molecular complexity index is 886. The number of para-hydroxylation sites is 2. The molecule has 0 aromatic heterocycles. The van der Waals surface area contributed by atoms with Gasteiger partial charge in [0.25, 0.3) is 5.91 Å². The Kier molecular flexibility index (Phi) is 7.51. The number of ether oxygens (including phenoxy) is 1. The number of benzene rings is 2. The molecule has 2 aromatic rings. The molecule has 28 heavy (non-hydrogen) atoms. The van der Waals surface area contributed by atoms with E-state index in [0.717, 1.165) is 6.42 Å². The van der Waals surface area contributed by atoms with Crippen molar-refractivity contribution in [2.45, 2.75) is 27.2 Å². The molecule has 0 heterocycles. The molecule has 0 aliphatic rings. The monoisotopic (exact) mass is 380 g/mol. The van der Waals surface area contributed by atoms with Gasteiger partial charge in [-0.3, -0.25) is 14.4 Å². The van der Waals surface area contributed by atoms with Gasteiger partial charge in [0.05, 0.1) is 12.3 Å². The van der Waals surface area contributed by atoms with Crippen molar-refractivity contribution in [1.82, 2.24) is 0 Å². The largest absolute Gasteiger partial charge is 0.491 e. The Hall–Kier alpha value is -3.41. The molecule has 0 aliphatic carbocycles. The molecule has 0 unspecified atom stereocenters. The number of hydrogen-bond donors (Lipinski definition) is 2. The summed E-state index contributed by atoms with van der Waals surface area (Å²) in [6.45, 7) is 5.58. The van der Waals surface area contributed by atoms with Crippen LogP contribution in [0.25, 0.3) is 0 Å². The van der Waals surface area contributed by atoms with Crippen LogP contribution >= 0.6 is 0 Å². The van der Waals surface area contributed by atoms with Gasteiger partial charge in [0.1, 0.15) is 5.75 Å². The third-order valence-electron chi connectivity index (χ3n) is 3.86. The predicted molar refractivity (Wildman–Crippen MR) is 110 cm³/mol. The van der Waals surface area contributed by atoms with Gasteiger partial charge in [0.15, 0.2) is 5.78 Å². The van der Waals surface area contributed by atoms with Crippen LogP contribution in [0.15, 0.2) is 60.2 Å². The van der Waals surface area contributed by atoms with Gasteiger partial charge in [-0.25, -0.2) is 0 Å². The Morgan fingerprint density at radius 1 is 0.964 bits per heavy atom. The smallest absolute Gasteiger partial charge is 0.251 e. The van der Waals surface area contributed by atoms with Crippen LogP contribution in [-0.2, 0) is 9.59 Å². The van der Waals surface area contributed by atoms with Crippen LogP contribution < -0.4 is 15.4 Å². The Balaban J connectivity index is 2.01. The van der Waals surface area contributed by atoms with E-state index in [4.69, 9.17) is 4.74 Å². The van der Waals surface area contributed by atoms with E-state index in [1.165, 1.54) is 13.0 Å². The minimum absolute atomic E-state index is 0.0477. The molecular weight excluding hydrogens is 356 g/mol. The molecule has 0 saturated carbocycles. The van der Waals surface area contributed by atoms with Crippen LogP contribution in [-0.4, -0.2) is 24.2 Å². The number of hydrogen-bond acceptors (Lipinski definition) is 4. The summed E-state index contributed by atoms with van der Waals surface area (Å²) in [5.41, 5.74) is 1.91. The van der Waals surface area contributed by atoms with E-state index in [0.29, 0.717) is 29.3 Å². The lowest BCUT2D eigenvalue weighted by Gasteiger charge is -2.12. The Morgan fingerprint density at radius 3 is 2.29 bits per heavy atom. The van der Waals surface area contributed by atoms with Crippen LogP contribution in [0, 0.1) is 0 Å². The molecule has 2 rings (SSSR count). The van der Waals surface area contributed by atoms with E-state index in [9.17, 15) is 14.4 Å². The summed E-state index contributed by atoms with van der Waals surface area (Å²) in [7, 11) is 0. The topological polar surface area (TPSA) is 84.5 Å². The highest BCUT2D eigenvalue weighted by Gasteiger charge is 2.11. The molecule has 0 bridgehead atoms. The van der Waals surface area contributed by atoms with Gasteiger partial charge in [-0.2, -0.15) is 0 Å². The van der Waals surface area contributed by atoms with Crippen molar-refractivity contribution in [3.05, 3.63) is 65.7 Å². The maximum absolute atomic E-state index is 12.4. The molecule has 2 aromatic carbocycles. The molecule has 0 spiro atoms. The molecule has 6 nitrogen and oxygen atoms in total. The number of amides is 2. The molecule has 0 saturated heterocycles. The van der Waals surface area contributed by atoms with E-state index >= 15 is 0 Å². The van der Waals surface area contributed by atoms with Gasteiger partial charge >= 0.3 is 0 Å². The zero-order valence-corrected chi connectivity index (χ0v) is 16.2. The number of anilines is 2. The van der Waals surface area contributed by atoms with Gasteiger partial charge in [0.2, 0.25) is 5.91 Å². The van der Waals surface area contributed by atoms with Crippen molar-refractivity contribution >= 4 is 29.0 Å². The van der Waals surface area contributed by atoms with E-state index in [-0.39, 0.29) is 11.4 Å². The van der Waals surface area contributed by atoms with Gasteiger partial charge in [-0.05, 0) is 56.7 Å². The molecule has 0 aliphatic heterocycles. The summed E-state index contributed by atoms with van der Waals surface area (Å²) in [4.78, 5) is 35.8. The quantitative estimate of drug-likeness (QED) is 0.531. The van der Waals surface area contributed by atoms with Crippen molar-refractivity contribution in [1.29, 1.82) is 0 Å². The van der Waals surface area contributed by atoms with Gasteiger partial charge < -0.3 is 15.4 Å². The first kappa shape index (κ1) is 20.9. The van der Waals surface area contributed by atoms with E-state index in [2.05, 4.69) is 10.6 Å². The standard InChI is InChI=1S/C22H24N2O4/c1-4-13-28-20-8-6-5-7-19(20)24-22(27)15(2)14-21(26)23-18-11-9-17(10-12-18)16(3)25/h5-12,14H,4,13H2,1-3H3,(H,23,26)(H,24,27)/b15-14-. The van der Waals surface area contributed by atoms with E-state index in [1.54, 1.807) is 49.4 Å². The first-order valence-corrected chi connectivity index (χ1v) is 9.04. The summed E-state index contributed by atoms with van der Waals surface area (Å²) in [5, 5.41) is 5.42. The lowest BCUT2D eigenvalue weighted by molar-refractivity contribution is -0.114. The van der Waals surface area contributed by atoms with E-state index in [1.807, 2.05) is 13.0 Å². The number of carbonyl (C=O) groups excluding carboxylic acids is 3. The first-order valence-electron chi connectivity index (χ1n) is 9.04. The Morgan fingerprint density at radius 2 is 1.64 bits per heavy atom. The number of carbonyl (C=O) groups is 3. The van der Waals surface area contributed by atoms with Crippen molar-refractivity contribution in [3.63, 3.8) is 0 Å². The van der Waals surface area contributed by atoms with Gasteiger partial charge in [-0.1, -0.05) is 19.1 Å². The third kappa shape index (κ3) is 6.09. The molecule has 2 amide bonds. The Labute approximate surface area is 164 Å². The third-order valence-corrected chi connectivity index (χ3v) is 3.86. The lowest BCUT2D eigenvalue weighted by atomic mass is 10.1. The molecular formula is C22H24N2O4. The first-order chi connectivity index (χ1) is 13.4. The summed E-state index contributed by atoms with van der Waals surface area (Å²) >= 11 is 0. The molecule has 2 N–H and O–H groups in total. The SMILES string of the molecule is CCCOc1ccccc1NC(=O)/C(C)=C\C(=O)Nc1ccc(C(C)=O)cc1. The average Bonchev–Trinajstić information content (AvgIpc) is 2.67. The van der Waals surface area contributed by atoms with Crippen molar-refractivity contribution in [2.24, 2.45) is 0 Å². The van der Waals surface area contributed by atoms with Crippen LogP contribution in [0.4, 0.5) is 11.4 Å². The number of Topliss-reactive ketones (excluding diaryl/α,β-unsaturated/α-hetero) is 1. The summed E-state index contributed by atoms with van der Waals surface area (Å²) < 4.78 is 5.62. The highest BCUT2D eigenvalue weighted by molar-refractivity contribution is 6.10. The second-order valence-electron chi connectivity index (χ2n) is 6.25. The van der Waals surface area contributed by atoms with Gasteiger partial charge in [0, 0.05) is 22.9 Å². The second-order valence-corrected chi connectivity index (χ2v) is 6.25. The maximum atomic E-state index is 12.4.